The van der Waals surface area contributed by atoms with Crippen molar-refractivity contribution in [2.24, 2.45) is 5.92 Å². The van der Waals surface area contributed by atoms with Gasteiger partial charge in [0.25, 0.3) is 0 Å². The number of rotatable bonds is 6. The van der Waals surface area contributed by atoms with Crippen LogP contribution in [0.1, 0.15) is 26.2 Å². The fourth-order valence-electron chi connectivity index (χ4n) is 1.01. The molecule has 0 aromatic carbocycles. The van der Waals surface area contributed by atoms with Crippen molar-refractivity contribution in [2.45, 2.75) is 26.2 Å². The zero-order valence-corrected chi connectivity index (χ0v) is 7.18. The first-order chi connectivity index (χ1) is 5.22. The maximum atomic E-state index is 11.0. The van der Waals surface area contributed by atoms with Crippen molar-refractivity contribution in [3.8, 4) is 0 Å². The molecule has 1 nitrogen and oxygen atoms in total. The molecule has 0 aliphatic carbocycles. The van der Waals surface area contributed by atoms with E-state index in [-0.39, 0.29) is 11.7 Å². The van der Waals surface area contributed by atoms with Gasteiger partial charge in [-0.05, 0) is 26.2 Å². The summed E-state index contributed by atoms with van der Waals surface area (Å²) in [5, 5.41) is 0. The second-order valence-electron chi connectivity index (χ2n) is 2.70. The zero-order valence-electron chi connectivity index (χ0n) is 7.18. The molecule has 0 aromatic heterocycles. The number of carbonyl (C=O) groups is 1. The highest BCUT2D eigenvalue weighted by Gasteiger charge is 2.10. The molecule has 62 valence electrons. The molecule has 0 spiro atoms. The van der Waals surface area contributed by atoms with Crippen LogP contribution in [0.2, 0.25) is 0 Å². The highest BCUT2D eigenvalue weighted by atomic mass is 16.1. The summed E-state index contributed by atoms with van der Waals surface area (Å²) >= 11 is 0. The topological polar surface area (TPSA) is 17.1 Å². The van der Waals surface area contributed by atoms with Crippen LogP contribution in [0.5, 0.6) is 0 Å². The van der Waals surface area contributed by atoms with Gasteiger partial charge in [0.15, 0.2) is 0 Å². The molecule has 0 amide bonds. The average molecular weight is 152 g/mol. The molecule has 1 heteroatoms. The Labute approximate surface area is 68.8 Å². The maximum Gasteiger partial charge on any atom is 0.133 e. The van der Waals surface area contributed by atoms with Crippen molar-refractivity contribution in [1.82, 2.24) is 0 Å². The Hall–Kier alpha value is -0.850. The minimum absolute atomic E-state index is 0.158. The molecule has 0 bridgehead atoms. The molecule has 0 fully saturated rings. The Morgan fingerprint density at radius 2 is 2.09 bits per heavy atom. The Bertz CT molecular complexity index is 147. The molecule has 0 aliphatic heterocycles. The predicted molar refractivity (Wildman–Crippen MR) is 48.4 cm³/mol. The Morgan fingerprint density at radius 1 is 1.45 bits per heavy atom. The third-order valence-electron chi connectivity index (χ3n) is 1.75. The molecule has 1 unspecified atom stereocenters. The number of hydrogen-bond acceptors (Lipinski definition) is 1. The summed E-state index contributed by atoms with van der Waals surface area (Å²) in [6.45, 7) is 8.86. The lowest BCUT2D eigenvalue weighted by Crippen LogP contribution is -2.09. The molecule has 0 N–H and O–H groups in total. The minimum atomic E-state index is 0.158. The van der Waals surface area contributed by atoms with Gasteiger partial charge in [0.1, 0.15) is 5.78 Å². The first-order valence-corrected chi connectivity index (χ1v) is 3.94. The molecule has 0 radical (unpaired) electrons. The summed E-state index contributed by atoms with van der Waals surface area (Å²) in [5.41, 5.74) is 0. The number of hydrogen-bond donors (Lipinski definition) is 0. The van der Waals surface area contributed by atoms with Gasteiger partial charge in [-0.1, -0.05) is 12.2 Å². The van der Waals surface area contributed by atoms with E-state index in [1.807, 2.05) is 6.08 Å². The second kappa shape index (κ2) is 5.90. The molecule has 0 aromatic rings. The lowest BCUT2D eigenvalue weighted by molar-refractivity contribution is -0.120. The van der Waals surface area contributed by atoms with Gasteiger partial charge in [-0.2, -0.15) is 0 Å². The molecule has 0 saturated heterocycles. The van der Waals surface area contributed by atoms with E-state index in [9.17, 15) is 4.79 Å². The van der Waals surface area contributed by atoms with Crippen molar-refractivity contribution in [3.63, 3.8) is 0 Å². The van der Waals surface area contributed by atoms with Gasteiger partial charge in [0, 0.05) is 5.92 Å². The number of Topliss-reactive ketones (excluding diaryl/α,β-unsaturated/α-hetero) is 1. The SMILES string of the molecule is C=CCCC(CC=C)C(C)=O. The van der Waals surface area contributed by atoms with Crippen LogP contribution in [0.25, 0.3) is 0 Å². The van der Waals surface area contributed by atoms with Gasteiger partial charge < -0.3 is 0 Å². The molecule has 0 rings (SSSR count). The van der Waals surface area contributed by atoms with Crippen LogP contribution in [0.3, 0.4) is 0 Å². The summed E-state index contributed by atoms with van der Waals surface area (Å²) in [5.74, 6) is 0.414. The maximum absolute atomic E-state index is 11.0. The Morgan fingerprint density at radius 3 is 2.45 bits per heavy atom. The number of ketones is 1. The number of allylic oxidation sites excluding steroid dienone is 2. The normalized spacial score (nSPS) is 12.1. The summed E-state index contributed by atoms with van der Waals surface area (Å²) in [7, 11) is 0. The van der Waals surface area contributed by atoms with Crippen LogP contribution >= 0.6 is 0 Å². The molecule has 1 atom stereocenters. The zero-order chi connectivity index (χ0) is 8.69. The fourth-order valence-corrected chi connectivity index (χ4v) is 1.01. The van der Waals surface area contributed by atoms with Gasteiger partial charge in [0.2, 0.25) is 0 Å². The smallest absolute Gasteiger partial charge is 0.133 e. The first kappa shape index (κ1) is 10.2. The van der Waals surface area contributed by atoms with E-state index in [1.165, 1.54) is 0 Å². The third kappa shape index (κ3) is 4.54. The van der Waals surface area contributed by atoms with E-state index in [0.29, 0.717) is 0 Å². The van der Waals surface area contributed by atoms with E-state index >= 15 is 0 Å². The van der Waals surface area contributed by atoms with E-state index in [2.05, 4.69) is 13.2 Å². The number of carbonyl (C=O) groups excluding carboxylic acids is 1. The second-order valence-corrected chi connectivity index (χ2v) is 2.70. The van der Waals surface area contributed by atoms with E-state index in [4.69, 9.17) is 0 Å². The highest BCUT2D eigenvalue weighted by molar-refractivity contribution is 5.78. The van der Waals surface area contributed by atoms with E-state index < -0.39 is 0 Å². The highest BCUT2D eigenvalue weighted by Crippen LogP contribution is 2.12. The van der Waals surface area contributed by atoms with Crippen LogP contribution in [-0.4, -0.2) is 5.78 Å². The first-order valence-electron chi connectivity index (χ1n) is 3.94. The van der Waals surface area contributed by atoms with Gasteiger partial charge in [0.05, 0.1) is 0 Å². The summed E-state index contributed by atoms with van der Waals surface area (Å²) < 4.78 is 0. The molecule has 11 heavy (non-hydrogen) atoms. The van der Waals surface area contributed by atoms with Gasteiger partial charge in [-0.3, -0.25) is 4.79 Å². The Kier molecular flexibility index (Phi) is 5.44. The average Bonchev–Trinajstić information content (AvgIpc) is 1.97. The van der Waals surface area contributed by atoms with Crippen molar-refractivity contribution in [1.29, 1.82) is 0 Å². The van der Waals surface area contributed by atoms with Crippen LogP contribution in [-0.2, 0) is 4.79 Å². The molecular formula is C10H16O. The quantitative estimate of drug-likeness (QED) is 0.535. The summed E-state index contributed by atoms with van der Waals surface area (Å²) in [4.78, 5) is 11.0. The summed E-state index contributed by atoms with van der Waals surface area (Å²) in [6.07, 6.45) is 6.26. The minimum Gasteiger partial charge on any atom is -0.300 e. The standard InChI is InChI=1S/C10H16O/c1-4-6-8-10(7-5-2)9(3)11/h4-5,10H,1-2,6-8H2,3H3. The van der Waals surface area contributed by atoms with Crippen molar-refractivity contribution in [3.05, 3.63) is 25.3 Å². The molecular weight excluding hydrogens is 136 g/mol. The molecule has 0 aliphatic rings. The third-order valence-corrected chi connectivity index (χ3v) is 1.75. The fraction of sp³-hybridized carbons (Fsp3) is 0.500. The van der Waals surface area contributed by atoms with Gasteiger partial charge in [-0.25, -0.2) is 0 Å². The van der Waals surface area contributed by atoms with Gasteiger partial charge in [-0.15, -0.1) is 13.2 Å². The molecule has 0 saturated carbocycles. The van der Waals surface area contributed by atoms with Crippen LogP contribution < -0.4 is 0 Å². The lowest BCUT2D eigenvalue weighted by atomic mass is 9.96. The van der Waals surface area contributed by atoms with Gasteiger partial charge >= 0.3 is 0 Å². The molecule has 0 heterocycles. The van der Waals surface area contributed by atoms with E-state index in [1.54, 1.807) is 13.0 Å². The van der Waals surface area contributed by atoms with Crippen LogP contribution in [0, 0.1) is 5.92 Å². The Balaban J connectivity index is 3.77. The monoisotopic (exact) mass is 152 g/mol. The lowest BCUT2D eigenvalue weighted by Gasteiger charge is -2.08. The largest absolute Gasteiger partial charge is 0.300 e. The van der Waals surface area contributed by atoms with Crippen molar-refractivity contribution >= 4 is 5.78 Å². The van der Waals surface area contributed by atoms with Crippen LogP contribution in [0.4, 0.5) is 0 Å². The van der Waals surface area contributed by atoms with Crippen molar-refractivity contribution < 1.29 is 4.79 Å². The van der Waals surface area contributed by atoms with E-state index in [0.717, 1.165) is 19.3 Å². The summed E-state index contributed by atoms with van der Waals surface area (Å²) in [6, 6.07) is 0. The predicted octanol–water partition coefficient (Wildman–Crippen LogP) is 2.73. The van der Waals surface area contributed by atoms with Crippen LogP contribution in [0.15, 0.2) is 25.3 Å². The van der Waals surface area contributed by atoms with Crippen molar-refractivity contribution in [2.75, 3.05) is 0 Å².